The Labute approximate surface area is 60.3 Å². The average molecular weight is 134 g/mol. The van der Waals surface area contributed by atoms with Crippen LogP contribution >= 0.6 is 0 Å². The van der Waals surface area contributed by atoms with E-state index in [9.17, 15) is 0 Å². The Morgan fingerprint density at radius 3 is 3.50 bits per heavy atom. The molecule has 10 heavy (non-hydrogen) atoms. The van der Waals surface area contributed by atoms with E-state index in [1.165, 1.54) is 5.57 Å². The fraction of sp³-hybridized carbons (Fsp3) is 0.375. The number of nitrogens with one attached hydrogen (secondary N) is 1. The standard InChI is InChI=1S/C8H10N2/c1-2-7-6-9-5-3-8(7)10-4-1/h2-3,5-6,8,10H,1,4H2. The molecule has 1 N–H and O–H groups in total. The van der Waals surface area contributed by atoms with E-state index in [-0.39, 0.29) is 0 Å². The van der Waals surface area contributed by atoms with E-state index in [4.69, 9.17) is 0 Å². The monoisotopic (exact) mass is 134 g/mol. The number of nitrogens with zero attached hydrogens (tertiary/aromatic N) is 1. The van der Waals surface area contributed by atoms with Crippen LogP contribution in [0, 0.1) is 0 Å². The van der Waals surface area contributed by atoms with Crippen molar-refractivity contribution in [3.8, 4) is 0 Å². The molecule has 52 valence electrons. The fourth-order valence-electron chi connectivity index (χ4n) is 1.30. The largest absolute Gasteiger partial charge is 0.306 e. The number of aliphatic imine (C=N–C) groups is 1. The normalized spacial score (nSPS) is 29.6. The molecule has 0 bridgehead atoms. The Morgan fingerprint density at radius 1 is 1.60 bits per heavy atom. The highest BCUT2D eigenvalue weighted by Gasteiger charge is 2.13. The fourth-order valence-corrected chi connectivity index (χ4v) is 1.30. The Balaban J connectivity index is 2.27. The zero-order valence-electron chi connectivity index (χ0n) is 5.75. The van der Waals surface area contributed by atoms with Crippen molar-refractivity contribution in [3.05, 3.63) is 23.9 Å². The van der Waals surface area contributed by atoms with Crippen LogP contribution in [0.3, 0.4) is 0 Å². The van der Waals surface area contributed by atoms with Crippen LogP contribution in [0.5, 0.6) is 0 Å². The van der Waals surface area contributed by atoms with Crippen molar-refractivity contribution in [3.63, 3.8) is 0 Å². The SMILES string of the molecule is C1=CC2NCCC=C2C=N1. The van der Waals surface area contributed by atoms with Gasteiger partial charge < -0.3 is 5.32 Å². The highest BCUT2D eigenvalue weighted by Crippen LogP contribution is 2.11. The predicted molar refractivity (Wildman–Crippen MR) is 42.1 cm³/mol. The van der Waals surface area contributed by atoms with Crippen LogP contribution in [0.25, 0.3) is 0 Å². The van der Waals surface area contributed by atoms with Crippen molar-refractivity contribution in [2.45, 2.75) is 12.5 Å². The molecule has 0 aromatic rings. The van der Waals surface area contributed by atoms with Gasteiger partial charge >= 0.3 is 0 Å². The van der Waals surface area contributed by atoms with E-state index >= 15 is 0 Å². The first-order valence-electron chi connectivity index (χ1n) is 3.60. The summed E-state index contributed by atoms with van der Waals surface area (Å²) in [6.45, 7) is 1.09. The third-order valence-electron chi connectivity index (χ3n) is 1.84. The molecule has 0 radical (unpaired) electrons. The molecule has 2 rings (SSSR count). The molecule has 0 spiro atoms. The molecule has 0 aliphatic carbocycles. The van der Waals surface area contributed by atoms with Crippen molar-refractivity contribution in [2.24, 2.45) is 4.99 Å². The molecule has 2 heteroatoms. The maximum atomic E-state index is 4.05. The number of hydrogen-bond acceptors (Lipinski definition) is 2. The molecule has 2 aliphatic heterocycles. The summed E-state index contributed by atoms with van der Waals surface area (Å²) < 4.78 is 0. The molecule has 0 saturated heterocycles. The zero-order chi connectivity index (χ0) is 6.81. The summed E-state index contributed by atoms with van der Waals surface area (Å²) in [7, 11) is 0. The Hall–Kier alpha value is -0.890. The number of fused-ring (bicyclic) bond motifs is 1. The second-order valence-corrected chi connectivity index (χ2v) is 2.54. The van der Waals surface area contributed by atoms with Crippen molar-refractivity contribution in [2.75, 3.05) is 6.54 Å². The van der Waals surface area contributed by atoms with Gasteiger partial charge in [-0.2, -0.15) is 0 Å². The van der Waals surface area contributed by atoms with E-state index in [0.717, 1.165) is 13.0 Å². The lowest BCUT2D eigenvalue weighted by Crippen LogP contribution is -2.34. The summed E-state index contributed by atoms with van der Waals surface area (Å²) in [6.07, 6.45) is 9.24. The van der Waals surface area contributed by atoms with Gasteiger partial charge in [-0.25, -0.2) is 0 Å². The number of rotatable bonds is 0. The van der Waals surface area contributed by atoms with Gasteiger partial charge in [-0.1, -0.05) is 6.08 Å². The van der Waals surface area contributed by atoms with Crippen molar-refractivity contribution in [1.29, 1.82) is 0 Å². The van der Waals surface area contributed by atoms with Crippen molar-refractivity contribution >= 4 is 6.21 Å². The smallest absolute Gasteiger partial charge is 0.0536 e. The first-order chi connectivity index (χ1) is 4.97. The first-order valence-corrected chi connectivity index (χ1v) is 3.60. The van der Waals surface area contributed by atoms with Gasteiger partial charge in [0.2, 0.25) is 0 Å². The molecule has 0 fully saturated rings. The van der Waals surface area contributed by atoms with Gasteiger partial charge in [0.05, 0.1) is 6.04 Å². The highest BCUT2D eigenvalue weighted by molar-refractivity contribution is 5.82. The molecule has 0 aromatic carbocycles. The summed E-state index contributed by atoms with van der Waals surface area (Å²) in [4.78, 5) is 4.05. The summed E-state index contributed by atoms with van der Waals surface area (Å²) >= 11 is 0. The first kappa shape index (κ1) is 5.86. The second kappa shape index (κ2) is 2.39. The third kappa shape index (κ3) is 0.907. The molecule has 2 heterocycles. The van der Waals surface area contributed by atoms with Crippen LogP contribution in [0.4, 0.5) is 0 Å². The van der Waals surface area contributed by atoms with Gasteiger partial charge in [-0.15, -0.1) is 0 Å². The Bertz CT molecular complexity index is 213. The molecular weight excluding hydrogens is 124 g/mol. The Kier molecular flexibility index (Phi) is 1.40. The lowest BCUT2D eigenvalue weighted by Gasteiger charge is -2.21. The van der Waals surface area contributed by atoms with Gasteiger partial charge in [-0.3, -0.25) is 4.99 Å². The molecule has 2 nitrogen and oxygen atoms in total. The van der Waals surface area contributed by atoms with Crippen LogP contribution in [0.1, 0.15) is 6.42 Å². The molecule has 0 amide bonds. The maximum Gasteiger partial charge on any atom is 0.0536 e. The zero-order valence-corrected chi connectivity index (χ0v) is 5.75. The molecule has 1 atom stereocenters. The van der Waals surface area contributed by atoms with Gasteiger partial charge in [0.15, 0.2) is 0 Å². The minimum Gasteiger partial charge on any atom is -0.306 e. The van der Waals surface area contributed by atoms with E-state index in [1.807, 2.05) is 12.4 Å². The van der Waals surface area contributed by atoms with Crippen molar-refractivity contribution in [1.82, 2.24) is 5.32 Å². The second-order valence-electron chi connectivity index (χ2n) is 2.54. The van der Waals surface area contributed by atoms with E-state index in [0.29, 0.717) is 6.04 Å². The summed E-state index contributed by atoms with van der Waals surface area (Å²) in [5, 5.41) is 3.37. The van der Waals surface area contributed by atoms with Crippen LogP contribution in [0.2, 0.25) is 0 Å². The minimum absolute atomic E-state index is 0.436. The maximum absolute atomic E-state index is 4.05. The molecule has 2 aliphatic rings. The molecule has 1 unspecified atom stereocenters. The third-order valence-corrected chi connectivity index (χ3v) is 1.84. The summed E-state index contributed by atoms with van der Waals surface area (Å²) in [6, 6.07) is 0.436. The summed E-state index contributed by atoms with van der Waals surface area (Å²) in [5.41, 5.74) is 1.31. The minimum atomic E-state index is 0.436. The van der Waals surface area contributed by atoms with Crippen LogP contribution in [-0.4, -0.2) is 18.8 Å². The van der Waals surface area contributed by atoms with Crippen LogP contribution in [0.15, 0.2) is 28.9 Å². The molecular formula is C8H10N2. The highest BCUT2D eigenvalue weighted by atomic mass is 14.9. The molecule has 0 aromatic heterocycles. The van der Waals surface area contributed by atoms with Gasteiger partial charge in [0.25, 0.3) is 0 Å². The number of hydrogen-bond donors (Lipinski definition) is 1. The van der Waals surface area contributed by atoms with Crippen molar-refractivity contribution < 1.29 is 0 Å². The average Bonchev–Trinajstić information content (AvgIpc) is 2.05. The van der Waals surface area contributed by atoms with Gasteiger partial charge in [-0.05, 0) is 24.6 Å². The quantitative estimate of drug-likeness (QED) is 0.522. The van der Waals surface area contributed by atoms with Crippen LogP contribution < -0.4 is 5.32 Å². The Morgan fingerprint density at radius 2 is 2.60 bits per heavy atom. The van der Waals surface area contributed by atoms with Crippen LogP contribution in [-0.2, 0) is 0 Å². The lowest BCUT2D eigenvalue weighted by molar-refractivity contribution is 0.636. The predicted octanol–water partition coefficient (Wildman–Crippen LogP) is 0.873. The lowest BCUT2D eigenvalue weighted by atomic mass is 10.0. The van der Waals surface area contributed by atoms with E-state index < -0.39 is 0 Å². The van der Waals surface area contributed by atoms with Gasteiger partial charge in [0.1, 0.15) is 0 Å². The van der Waals surface area contributed by atoms with E-state index in [2.05, 4.69) is 22.5 Å². The molecule has 0 saturated carbocycles. The van der Waals surface area contributed by atoms with E-state index in [1.54, 1.807) is 0 Å². The van der Waals surface area contributed by atoms with Gasteiger partial charge in [0, 0.05) is 12.4 Å². The summed E-state index contributed by atoms with van der Waals surface area (Å²) in [5.74, 6) is 0. The topological polar surface area (TPSA) is 24.4 Å².